The highest BCUT2D eigenvalue weighted by Crippen LogP contribution is 2.34. The van der Waals surface area contributed by atoms with E-state index in [-0.39, 0.29) is 0 Å². The predicted molar refractivity (Wildman–Crippen MR) is 73.4 cm³/mol. The van der Waals surface area contributed by atoms with E-state index in [9.17, 15) is 0 Å². The first-order valence-corrected chi connectivity index (χ1v) is 7.29. The third-order valence-corrected chi connectivity index (χ3v) is 3.75. The van der Waals surface area contributed by atoms with Gasteiger partial charge in [-0.15, -0.1) is 0 Å². The molecular weight excluding hydrogens is 252 g/mol. The van der Waals surface area contributed by atoms with E-state index < -0.39 is 0 Å². The monoisotopic (exact) mass is 266 g/mol. The van der Waals surface area contributed by atoms with Crippen molar-refractivity contribution >= 4 is 28.2 Å². The molecule has 17 heavy (non-hydrogen) atoms. The zero-order chi connectivity index (χ0) is 12.4. The van der Waals surface area contributed by atoms with Crippen LogP contribution in [0.3, 0.4) is 0 Å². The molecule has 2 N–H and O–H groups in total. The number of thioether (sulfide) groups is 1. The SMILES string of the molecule is CSc1nccc(-c2sc(N)nc2C(C)C)n1. The van der Waals surface area contributed by atoms with Crippen LogP contribution in [0.4, 0.5) is 5.13 Å². The van der Waals surface area contributed by atoms with E-state index in [1.807, 2.05) is 12.3 Å². The van der Waals surface area contributed by atoms with Crippen LogP contribution in [-0.4, -0.2) is 21.2 Å². The van der Waals surface area contributed by atoms with E-state index in [1.54, 1.807) is 6.20 Å². The van der Waals surface area contributed by atoms with Gasteiger partial charge in [-0.1, -0.05) is 36.9 Å². The minimum atomic E-state index is 0.339. The molecule has 0 bridgehead atoms. The van der Waals surface area contributed by atoms with Gasteiger partial charge in [0.25, 0.3) is 0 Å². The molecule has 2 heterocycles. The molecule has 0 spiro atoms. The Labute approximate surface area is 109 Å². The quantitative estimate of drug-likeness (QED) is 0.683. The van der Waals surface area contributed by atoms with Gasteiger partial charge >= 0.3 is 0 Å². The summed E-state index contributed by atoms with van der Waals surface area (Å²) in [6.07, 6.45) is 3.73. The Bertz CT molecular complexity index is 522. The number of anilines is 1. The summed E-state index contributed by atoms with van der Waals surface area (Å²) < 4.78 is 0. The largest absolute Gasteiger partial charge is 0.375 e. The number of nitrogens with zero attached hydrogens (tertiary/aromatic N) is 3. The highest BCUT2D eigenvalue weighted by atomic mass is 32.2. The lowest BCUT2D eigenvalue weighted by molar-refractivity contribution is 0.834. The molecule has 0 radical (unpaired) electrons. The van der Waals surface area contributed by atoms with Gasteiger partial charge in [0, 0.05) is 6.20 Å². The van der Waals surface area contributed by atoms with E-state index in [2.05, 4.69) is 28.8 Å². The average molecular weight is 266 g/mol. The summed E-state index contributed by atoms with van der Waals surface area (Å²) >= 11 is 3.01. The molecule has 6 heteroatoms. The first kappa shape index (κ1) is 12.3. The van der Waals surface area contributed by atoms with Crippen molar-refractivity contribution in [2.75, 3.05) is 12.0 Å². The summed E-state index contributed by atoms with van der Waals surface area (Å²) in [5, 5.41) is 1.36. The van der Waals surface area contributed by atoms with Gasteiger partial charge in [-0.05, 0) is 18.2 Å². The Morgan fingerprint density at radius 3 is 2.76 bits per heavy atom. The van der Waals surface area contributed by atoms with Gasteiger partial charge in [0.2, 0.25) is 0 Å². The summed E-state index contributed by atoms with van der Waals surface area (Å²) in [7, 11) is 0. The summed E-state index contributed by atoms with van der Waals surface area (Å²) in [5.74, 6) is 0.339. The second-order valence-corrected chi connectivity index (χ2v) is 5.65. The highest BCUT2D eigenvalue weighted by Gasteiger charge is 2.16. The van der Waals surface area contributed by atoms with Crippen LogP contribution in [0.1, 0.15) is 25.5 Å². The van der Waals surface area contributed by atoms with E-state index in [0.717, 1.165) is 21.4 Å². The Kier molecular flexibility index (Phi) is 3.63. The molecule has 0 aromatic carbocycles. The number of hydrogen-bond donors (Lipinski definition) is 1. The number of nitrogens with two attached hydrogens (primary N) is 1. The average Bonchev–Trinajstić information content (AvgIpc) is 2.72. The lowest BCUT2D eigenvalue weighted by Gasteiger charge is -2.04. The molecule has 2 aromatic rings. The molecule has 0 aliphatic heterocycles. The fraction of sp³-hybridized carbons (Fsp3) is 0.364. The second kappa shape index (κ2) is 5.01. The van der Waals surface area contributed by atoms with Crippen molar-refractivity contribution in [1.29, 1.82) is 0 Å². The van der Waals surface area contributed by atoms with E-state index >= 15 is 0 Å². The van der Waals surface area contributed by atoms with Crippen LogP contribution >= 0.6 is 23.1 Å². The number of aromatic nitrogens is 3. The summed E-state index contributed by atoms with van der Waals surface area (Å²) in [5.41, 5.74) is 7.70. The first-order valence-electron chi connectivity index (χ1n) is 5.25. The second-order valence-electron chi connectivity index (χ2n) is 3.85. The molecule has 2 aromatic heterocycles. The van der Waals surface area contributed by atoms with Crippen LogP contribution in [-0.2, 0) is 0 Å². The number of rotatable bonds is 3. The lowest BCUT2D eigenvalue weighted by Crippen LogP contribution is -1.94. The van der Waals surface area contributed by atoms with Crippen LogP contribution in [0.15, 0.2) is 17.4 Å². The van der Waals surface area contributed by atoms with Crippen LogP contribution in [0, 0.1) is 0 Å². The number of thiazole rings is 1. The fourth-order valence-corrected chi connectivity index (χ4v) is 2.80. The normalized spacial score (nSPS) is 11.1. The maximum Gasteiger partial charge on any atom is 0.187 e. The Hall–Kier alpha value is -1.14. The molecule has 2 rings (SSSR count). The molecule has 0 fully saturated rings. The minimum Gasteiger partial charge on any atom is -0.375 e. The van der Waals surface area contributed by atoms with Crippen LogP contribution < -0.4 is 5.73 Å². The zero-order valence-corrected chi connectivity index (χ0v) is 11.6. The van der Waals surface area contributed by atoms with Crippen molar-refractivity contribution in [2.45, 2.75) is 24.9 Å². The van der Waals surface area contributed by atoms with Crippen LogP contribution in [0.5, 0.6) is 0 Å². The third-order valence-electron chi connectivity index (χ3n) is 2.27. The zero-order valence-electron chi connectivity index (χ0n) is 9.97. The minimum absolute atomic E-state index is 0.339. The van der Waals surface area contributed by atoms with Gasteiger partial charge in [-0.25, -0.2) is 15.0 Å². The summed E-state index contributed by atoms with van der Waals surface area (Å²) in [6.45, 7) is 4.21. The van der Waals surface area contributed by atoms with Crippen LogP contribution in [0.2, 0.25) is 0 Å². The molecule has 0 amide bonds. The third kappa shape index (κ3) is 2.58. The van der Waals surface area contributed by atoms with Crippen molar-refractivity contribution in [3.05, 3.63) is 18.0 Å². The molecule has 0 aliphatic rings. The molecular formula is C11H14N4S2. The van der Waals surface area contributed by atoms with Gasteiger partial charge in [0.15, 0.2) is 10.3 Å². The maximum atomic E-state index is 5.78. The molecule has 0 unspecified atom stereocenters. The van der Waals surface area contributed by atoms with Crippen molar-refractivity contribution < 1.29 is 0 Å². The Morgan fingerprint density at radius 1 is 1.35 bits per heavy atom. The maximum absolute atomic E-state index is 5.78. The Balaban J connectivity index is 2.51. The molecule has 0 saturated heterocycles. The van der Waals surface area contributed by atoms with E-state index in [1.165, 1.54) is 23.1 Å². The van der Waals surface area contributed by atoms with Crippen molar-refractivity contribution in [2.24, 2.45) is 0 Å². The molecule has 0 aliphatic carbocycles. The molecule has 0 atom stereocenters. The van der Waals surface area contributed by atoms with Gasteiger partial charge in [-0.2, -0.15) is 0 Å². The summed E-state index contributed by atoms with van der Waals surface area (Å²) in [6, 6.07) is 1.90. The number of hydrogen-bond acceptors (Lipinski definition) is 6. The van der Waals surface area contributed by atoms with Gasteiger partial charge in [-0.3, -0.25) is 0 Å². The van der Waals surface area contributed by atoms with Gasteiger partial charge < -0.3 is 5.73 Å². The van der Waals surface area contributed by atoms with Crippen LogP contribution in [0.25, 0.3) is 10.6 Å². The standard InChI is InChI=1S/C11H14N4S2/c1-6(2)8-9(17-10(12)15-8)7-4-5-13-11(14-7)16-3/h4-6H,1-3H3,(H2,12,15). The van der Waals surface area contributed by atoms with Gasteiger partial charge in [0.05, 0.1) is 16.3 Å². The van der Waals surface area contributed by atoms with Crippen molar-refractivity contribution in [3.63, 3.8) is 0 Å². The molecule has 0 saturated carbocycles. The number of nitrogen functional groups attached to an aromatic ring is 1. The predicted octanol–water partition coefficient (Wildman–Crippen LogP) is 3.03. The molecule has 90 valence electrons. The fourth-order valence-electron chi connectivity index (χ4n) is 1.49. The van der Waals surface area contributed by atoms with Gasteiger partial charge in [0.1, 0.15) is 0 Å². The van der Waals surface area contributed by atoms with E-state index in [0.29, 0.717) is 11.0 Å². The molecule has 4 nitrogen and oxygen atoms in total. The topological polar surface area (TPSA) is 64.7 Å². The first-order chi connectivity index (χ1) is 8.11. The Morgan fingerprint density at radius 2 is 2.12 bits per heavy atom. The van der Waals surface area contributed by atoms with Crippen molar-refractivity contribution in [1.82, 2.24) is 15.0 Å². The summed E-state index contributed by atoms with van der Waals surface area (Å²) in [4.78, 5) is 14.1. The highest BCUT2D eigenvalue weighted by molar-refractivity contribution is 7.98. The van der Waals surface area contributed by atoms with Crippen molar-refractivity contribution in [3.8, 4) is 10.6 Å². The lowest BCUT2D eigenvalue weighted by atomic mass is 10.1. The smallest absolute Gasteiger partial charge is 0.187 e. The van der Waals surface area contributed by atoms with E-state index in [4.69, 9.17) is 5.73 Å².